The number of hydrogen-bond acceptors (Lipinski definition) is 5. The number of anilines is 1. The van der Waals surface area contributed by atoms with Crippen molar-refractivity contribution < 1.29 is 4.79 Å². The average molecular weight is 338 g/mol. The third-order valence-corrected chi connectivity index (χ3v) is 3.90. The maximum Gasteiger partial charge on any atom is 0.251 e. The van der Waals surface area contributed by atoms with E-state index in [9.17, 15) is 4.79 Å². The van der Waals surface area contributed by atoms with Crippen LogP contribution in [0.4, 0.5) is 5.82 Å². The number of aromatic nitrogens is 4. The average Bonchev–Trinajstić information content (AvgIpc) is 3.04. The van der Waals surface area contributed by atoms with Crippen molar-refractivity contribution in [3.8, 4) is 0 Å². The van der Waals surface area contributed by atoms with Crippen molar-refractivity contribution in [3.63, 3.8) is 0 Å². The third kappa shape index (κ3) is 3.93. The molecule has 0 saturated heterocycles. The number of carbonyl (C=O) groups is 1. The fourth-order valence-electron chi connectivity index (χ4n) is 2.52. The largest absolute Gasteiger partial charge is 0.369 e. The molecule has 0 bridgehead atoms. The van der Waals surface area contributed by atoms with Crippen molar-refractivity contribution >= 4 is 22.8 Å². The zero-order chi connectivity index (χ0) is 17.6. The Hall–Kier alpha value is -2.96. The van der Waals surface area contributed by atoms with Gasteiger partial charge in [0.1, 0.15) is 12.1 Å². The molecule has 2 heterocycles. The maximum atomic E-state index is 12.1. The Kier molecular flexibility index (Phi) is 5.23. The summed E-state index contributed by atoms with van der Waals surface area (Å²) in [6.07, 6.45) is 4.31. The molecule has 0 aliphatic rings. The number of amides is 1. The Bertz CT molecular complexity index is 856. The summed E-state index contributed by atoms with van der Waals surface area (Å²) >= 11 is 0. The lowest BCUT2D eigenvalue weighted by atomic mass is 10.1. The van der Waals surface area contributed by atoms with Gasteiger partial charge in [-0.1, -0.05) is 24.6 Å². The molecule has 3 rings (SSSR count). The van der Waals surface area contributed by atoms with E-state index < -0.39 is 0 Å². The van der Waals surface area contributed by atoms with E-state index in [4.69, 9.17) is 0 Å². The highest BCUT2D eigenvalue weighted by Crippen LogP contribution is 2.18. The van der Waals surface area contributed by atoms with Gasteiger partial charge in [0.2, 0.25) is 0 Å². The van der Waals surface area contributed by atoms with Gasteiger partial charge in [-0.3, -0.25) is 4.79 Å². The Morgan fingerprint density at radius 2 is 1.96 bits per heavy atom. The summed E-state index contributed by atoms with van der Waals surface area (Å²) < 4.78 is 1.78. The van der Waals surface area contributed by atoms with E-state index in [2.05, 4.69) is 32.6 Å². The van der Waals surface area contributed by atoms with Crippen molar-refractivity contribution in [3.05, 3.63) is 47.9 Å². The molecule has 1 amide bonds. The number of nitrogens with one attached hydrogen (secondary N) is 2. The molecule has 0 fully saturated rings. The van der Waals surface area contributed by atoms with Crippen LogP contribution < -0.4 is 10.6 Å². The maximum absolute atomic E-state index is 12.1. The van der Waals surface area contributed by atoms with Crippen LogP contribution in [0.2, 0.25) is 0 Å². The Morgan fingerprint density at radius 3 is 2.72 bits per heavy atom. The van der Waals surface area contributed by atoms with E-state index in [1.807, 2.05) is 31.2 Å². The fourth-order valence-corrected chi connectivity index (χ4v) is 2.52. The number of carbonyl (C=O) groups excluding carboxylic acids is 1. The van der Waals surface area contributed by atoms with Gasteiger partial charge in [-0.2, -0.15) is 5.10 Å². The minimum atomic E-state index is -0.0867. The monoisotopic (exact) mass is 338 g/mol. The molecule has 0 atom stereocenters. The molecule has 0 aliphatic carbocycles. The van der Waals surface area contributed by atoms with E-state index in [1.54, 1.807) is 10.9 Å². The quantitative estimate of drug-likeness (QED) is 0.691. The highest BCUT2D eigenvalue weighted by atomic mass is 16.1. The van der Waals surface area contributed by atoms with Crippen LogP contribution in [0.25, 0.3) is 11.0 Å². The number of hydrogen-bond donors (Lipinski definition) is 2. The lowest BCUT2D eigenvalue weighted by Crippen LogP contribution is -2.27. The van der Waals surface area contributed by atoms with E-state index in [0.717, 1.165) is 35.4 Å². The minimum absolute atomic E-state index is 0.0867. The van der Waals surface area contributed by atoms with Gasteiger partial charge in [0.05, 0.1) is 18.1 Å². The summed E-state index contributed by atoms with van der Waals surface area (Å²) in [6, 6.07) is 7.51. The van der Waals surface area contributed by atoms with Crippen LogP contribution in [-0.4, -0.2) is 38.7 Å². The van der Waals surface area contributed by atoms with Gasteiger partial charge in [-0.15, -0.1) is 0 Å². The van der Waals surface area contributed by atoms with E-state index in [1.165, 1.54) is 6.33 Å². The Balaban J connectivity index is 1.63. The zero-order valence-electron chi connectivity index (χ0n) is 14.5. The van der Waals surface area contributed by atoms with Gasteiger partial charge >= 0.3 is 0 Å². The summed E-state index contributed by atoms with van der Waals surface area (Å²) in [5.74, 6) is 0.707. The number of nitrogens with zero attached hydrogens (tertiary/aromatic N) is 4. The van der Waals surface area contributed by atoms with E-state index >= 15 is 0 Å². The molecule has 2 N–H and O–H groups in total. The molecule has 2 aromatic heterocycles. The van der Waals surface area contributed by atoms with Crippen molar-refractivity contribution in [2.24, 2.45) is 0 Å². The summed E-state index contributed by atoms with van der Waals surface area (Å²) in [6.45, 7) is 5.97. The van der Waals surface area contributed by atoms with Gasteiger partial charge in [-0.05, 0) is 25.5 Å². The molecule has 0 saturated carbocycles. The molecular weight excluding hydrogens is 316 g/mol. The van der Waals surface area contributed by atoms with Gasteiger partial charge in [0, 0.05) is 18.7 Å². The highest BCUT2D eigenvalue weighted by molar-refractivity contribution is 5.94. The van der Waals surface area contributed by atoms with Crippen LogP contribution in [0.15, 0.2) is 36.8 Å². The molecular formula is C18H22N6O. The van der Waals surface area contributed by atoms with E-state index in [-0.39, 0.29) is 5.91 Å². The van der Waals surface area contributed by atoms with Gasteiger partial charge in [0.15, 0.2) is 5.65 Å². The van der Waals surface area contributed by atoms with Crippen molar-refractivity contribution in [2.45, 2.75) is 26.8 Å². The third-order valence-electron chi connectivity index (χ3n) is 3.90. The highest BCUT2D eigenvalue weighted by Gasteiger charge is 2.10. The van der Waals surface area contributed by atoms with Crippen LogP contribution in [-0.2, 0) is 6.54 Å². The van der Waals surface area contributed by atoms with Gasteiger partial charge < -0.3 is 10.6 Å². The van der Waals surface area contributed by atoms with Crippen LogP contribution in [0.5, 0.6) is 0 Å². The first-order valence-electron chi connectivity index (χ1n) is 8.44. The first-order valence-corrected chi connectivity index (χ1v) is 8.44. The van der Waals surface area contributed by atoms with Crippen LogP contribution in [0.3, 0.4) is 0 Å². The molecule has 0 radical (unpaired) electrons. The molecule has 7 heteroatoms. The second kappa shape index (κ2) is 7.74. The normalized spacial score (nSPS) is 10.8. The Labute approximate surface area is 146 Å². The molecule has 3 aromatic rings. The summed E-state index contributed by atoms with van der Waals surface area (Å²) in [5, 5.41) is 11.4. The van der Waals surface area contributed by atoms with Gasteiger partial charge in [0.25, 0.3) is 5.91 Å². The molecule has 0 aliphatic heterocycles. The van der Waals surface area contributed by atoms with Crippen molar-refractivity contribution in [2.75, 3.05) is 18.4 Å². The van der Waals surface area contributed by atoms with Crippen LogP contribution >= 0.6 is 0 Å². The molecule has 1 aromatic carbocycles. The van der Waals surface area contributed by atoms with Crippen molar-refractivity contribution in [1.29, 1.82) is 0 Å². The molecule has 130 valence electrons. The molecule has 0 spiro atoms. The molecule has 25 heavy (non-hydrogen) atoms. The minimum Gasteiger partial charge on any atom is -0.369 e. The Morgan fingerprint density at radius 1 is 1.16 bits per heavy atom. The second-order valence-corrected chi connectivity index (χ2v) is 5.88. The first-order chi connectivity index (χ1) is 12.2. The lowest BCUT2D eigenvalue weighted by molar-refractivity contribution is 0.0952. The summed E-state index contributed by atoms with van der Waals surface area (Å²) in [5.41, 5.74) is 2.55. The van der Waals surface area contributed by atoms with E-state index in [0.29, 0.717) is 18.7 Å². The lowest BCUT2D eigenvalue weighted by Gasteiger charge is -2.07. The second-order valence-electron chi connectivity index (χ2n) is 5.88. The topological polar surface area (TPSA) is 84.7 Å². The van der Waals surface area contributed by atoms with Gasteiger partial charge in [-0.25, -0.2) is 14.6 Å². The number of fused-ring (bicyclic) bond motifs is 1. The SMILES string of the molecule is CCCNc1ncnc2c1cnn2CCNC(=O)c1ccc(C)cc1. The predicted molar refractivity (Wildman–Crippen MR) is 97.6 cm³/mol. The molecule has 0 unspecified atom stereocenters. The standard InChI is InChI=1S/C18H22N6O/c1-3-8-19-16-15-11-23-24(17(15)22-12-21-16)10-9-20-18(25)14-6-4-13(2)5-7-14/h4-7,11-12H,3,8-10H2,1-2H3,(H,20,25)(H,19,21,22). The summed E-state index contributed by atoms with van der Waals surface area (Å²) in [7, 11) is 0. The smallest absolute Gasteiger partial charge is 0.251 e. The van der Waals surface area contributed by atoms with Crippen LogP contribution in [0.1, 0.15) is 29.3 Å². The zero-order valence-corrected chi connectivity index (χ0v) is 14.5. The summed E-state index contributed by atoms with van der Waals surface area (Å²) in [4.78, 5) is 20.7. The van der Waals surface area contributed by atoms with Crippen molar-refractivity contribution in [1.82, 2.24) is 25.1 Å². The fraction of sp³-hybridized carbons (Fsp3) is 0.333. The van der Waals surface area contributed by atoms with Crippen LogP contribution in [0, 0.1) is 6.92 Å². The number of benzene rings is 1. The molecule has 7 nitrogen and oxygen atoms in total. The number of rotatable bonds is 7. The number of aryl methyl sites for hydroxylation is 1. The predicted octanol–water partition coefficient (Wildman–Crippen LogP) is 2.39. The first kappa shape index (κ1) is 16.9.